The lowest BCUT2D eigenvalue weighted by atomic mass is 9.83. The molecular weight excluding hydrogens is 454 g/mol. The van der Waals surface area contributed by atoms with E-state index in [1.807, 2.05) is 30.0 Å². The van der Waals surface area contributed by atoms with Gasteiger partial charge in [0.05, 0.1) is 18.3 Å². The van der Waals surface area contributed by atoms with E-state index in [1.165, 1.54) is 7.11 Å². The van der Waals surface area contributed by atoms with Gasteiger partial charge in [-0.25, -0.2) is 4.79 Å². The predicted octanol–water partition coefficient (Wildman–Crippen LogP) is 4.79. The number of benzene rings is 2. The van der Waals surface area contributed by atoms with Crippen LogP contribution in [-0.4, -0.2) is 47.2 Å². The molecule has 0 bridgehead atoms. The Hall–Kier alpha value is -2.57. The SMILES string of the molecule is COC(=O)c1cccc(COc2ccc(CC3CCN(C4CCC(C)(O)CC4)C3=O)c(Cl)c2)c1. The molecule has 1 amide bonds. The monoisotopic (exact) mass is 485 g/mol. The molecule has 7 heteroatoms. The summed E-state index contributed by atoms with van der Waals surface area (Å²) in [5, 5.41) is 10.8. The first-order valence-electron chi connectivity index (χ1n) is 11.9. The van der Waals surface area contributed by atoms with Crippen LogP contribution in [0.2, 0.25) is 5.02 Å². The zero-order valence-corrected chi connectivity index (χ0v) is 20.5. The van der Waals surface area contributed by atoms with Crippen LogP contribution in [0.4, 0.5) is 0 Å². The predicted molar refractivity (Wildman–Crippen MR) is 130 cm³/mol. The smallest absolute Gasteiger partial charge is 0.337 e. The summed E-state index contributed by atoms with van der Waals surface area (Å²) in [7, 11) is 1.35. The van der Waals surface area contributed by atoms with E-state index >= 15 is 0 Å². The lowest BCUT2D eigenvalue weighted by Crippen LogP contribution is -2.43. The molecule has 34 heavy (non-hydrogen) atoms. The summed E-state index contributed by atoms with van der Waals surface area (Å²) in [6, 6.07) is 12.9. The zero-order chi connectivity index (χ0) is 24.3. The van der Waals surface area contributed by atoms with Gasteiger partial charge in [-0.3, -0.25) is 4.79 Å². The Morgan fingerprint density at radius 2 is 1.94 bits per heavy atom. The minimum atomic E-state index is -0.597. The minimum absolute atomic E-state index is 0.0623. The van der Waals surface area contributed by atoms with Crippen molar-refractivity contribution in [2.45, 2.75) is 63.7 Å². The average molecular weight is 486 g/mol. The van der Waals surface area contributed by atoms with E-state index in [1.54, 1.807) is 24.3 Å². The maximum Gasteiger partial charge on any atom is 0.337 e. The van der Waals surface area contributed by atoms with Crippen LogP contribution < -0.4 is 4.74 Å². The Morgan fingerprint density at radius 1 is 1.18 bits per heavy atom. The molecule has 1 saturated carbocycles. The number of hydrogen-bond acceptors (Lipinski definition) is 5. The van der Waals surface area contributed by atoms with E-state index < -0.39 is 5.60 Å². The molecule has 1 N–H and O–H groups in total. The molecule has 2 fully saturated rings. The first kappa shape index (κ1) is 24.6. The fourth-order valence-corrected chi connectivity index (χ4v) is 5.22. The lowest BCUT2D eigenvalue weighted by molar-refractivity contribution is -0.134. The Balaban J connectivity index is 1.33. The van der Waals surface area contributed by atoms with Gasteiger partial charge in [-0.05, 0) is 80.8 Å². The molecular formula is C27H32ClNO5. The number of esters is 1. The number of carbonyl (C=O) groups is 2. The molecule has 1 unspecified atom stereocenters. The molecule has 6 nitrogen and oxygen atoms in total. The van der Waals surface area contributed by atoms with Gasteiger partial charge in [-0.2, -0.15) is 0 Å². The van der Waals surface area contributed by atoms with Gasteiger partial charge in [0.15, 0.2) is 0 Å². The number of likely N-dealkylation sites (tertiary alicyclic amines) is 1. The Bertz CT molecular complexity index is 1040. The van der Waals surface area contributed by atoms with Crippen LogP contribution in [0.1, 0.15) is 60.5 Å². The zero-order valence-electron chi connectivity index (χ0n) is 19.8. The van der Waals surface area contributed by atoms with Gasteiger partial charge in [0, 0.05) is 23.5 Å². The number of halogens is 1. The normalized spacial score (nSPS) is 24.8. The molecule has 1 heterocycles. The number of methoxy groups -OCH3 is 1. The number of carbonyl (C=O) groups excluding carboxylic acids is 2. The van der Waals surface area contributed by atoms with Gasteiger partial charge in [-0.15, -0.1) is 0 Å². The molecule has 2 aliphatic rings. The third kappa shape index (κ3) is 5.73. The quantitative estimate of drug-likeness (QED) is 0.570. The second-order valence-corrected chi connectivity index (χ2v) is 10.1. The third-order valence-electron chi connectivity index (χ3n) is 7.07. The minimum Gasteiger partial charge on any atom is -0.489 e. The van der Waals surface area contributed by atoms with Crippen molar-refractivity contribution in [3.05, 3.63) is 64.2 Å². The van der Waals surface area contributed by atoms with Crippen molar-refractivity contribution in [2.24, 2.45) is 5.92 Å². The molecule has 2 aromatic carbocycles. The van der Waals surface area contributed by atoms with Crippen molar-refractivity contribution in [2.75, 3.05) is 13.7 Å². The van der Waals surface area contributed by atoms with Gasteiger partial charge < -0.3 is 19.5 Å². The van der Waals surface area contributed by atoms with E-state index in [4.69, 9.17) is 21.1 Å². The van der Waals surface area contributed by atoms with Crippen LogP contribution in [0, 0.1) is 5.92 Å². The maximum atomic E-state index is 13.1. The molecule has 4 rings (SSSR count). The van der Waals surface area contributed by atoms with E-state index in [0.29, 0.717) is 29.4 Å². The molecule has 182 valence electrons. The molecule has 1 saturated heterocycles. The second kappa shape index (κ2) is 10.4. The average Bonchev–Trinajstić information content (AvgIpc) is 3.19. The number of nitrogens with zero attached hydrogens (tertiary/aromatic N) is 1. The topological polar surface area (TPSA) is 76.1 Å². The highest BCUT2D eigenvalue weighted by Gasteiger charge is 2.39. The summed E-state index contributed by atoms with van der Waals surface area (Å²) in [4.78, 5) is 26.8. The Kier molecular flexibility index (Phi) is 7.48. The summed E-state index contributed by atoms with van der Waals surface area (Å²) in [6.07, 6.45) is 4.65. The van der Waals surface area contributed by atoms with Crippen molar-refractivity contribution in [3.63, 3.8) is 0 Å². The molecule has 0 spiro atoms. The number of amides is 1. The second-order valence-electron chi connectivity index (χ2n) is 9.68. The van der Waals surface area contributed by atoms with Gasteiger partial charge >= 0.3 is 5.97 Å². The van der Waals surface area contributed by atoms with Crippen molar-refractivity contribution >= 4 is 23.5 Å². The number of hydrogen-bond donors (Lipinski definition) is 1. The number of aliphatic hydroxyl groups is 1. The molecule has 0 aromatic heterocycles. The highest BCUT2D eigenvalue weighted by atomic mass is 35.5. The standard InChI is InChI=1S/C27H32ClNO5/c1-27(32)11-8-22(9-12-27)29-13-10-20(25(29)30)15-19-6-7-23(16-24(19)28)34-17-18-4-3-5-21(14-18)26(31)33-2/h3-7,14,16,20,22,32H,8-13,15,17H2,1-2H3. The lowest BCUT2D eigenvalue weighted by Gasteiger charge is -2.37. The van der Waals surface area contributed by atoms with Crippen LogP contribution in [0.3, 0.4) is 0 Å². The molecule has 2 aromatic rings. The van der Waals surface area contributed by atoms with Gasteiger partial charge in [0.1, 0.15) is 12.4 Å². The van der Waals surface area contributed by atoms with Gasteiger partial charge in [-0.1, -0.05) is 29.8 Å². The Morgan fingerprint density at radius 3 is 2.65 bits per heavy atom. The molecule has 1 atom stereocenters. The largest absolute Gasteiger partial charge is 0.489 e. The van der Waals surface area contributed by atoms with Crippen LogP contribution in [-0.2, 0) is 22.6 Å². The van der Waals surface area contributed by atoms with E-state index in [2.05, 4.69) is 0 Å². The molecule has 1 aliphatic heterocycles. The van der Waals surface area contributed by atoms with E-state index in [-0.39, 0.29) is 23.8 Å². The number of rotatable bonds is 7. The fraction of sp³-hybridized carbons (Fsp3) is 0.481. The van der Waals surface area contributed by atoms with E-state index in [0.717, 1.165) is 49.8 Å². The molecule has 0 radical (unpaired) electrons. The summed E-state index contributed by atoms with van der Waals surface area (Å²) in [5.41, 5.74) is 1.67. The highest BCUT2D eigenvalue weighted by Crippen LogP contribution is 2.35. The van der Waals surface area contributed by atoms with Crippen molar-refractivity contribution < 1.29 is 24.2 Å². The van der Waals surface area contributed by atoms with Gasteiger partial charge in [0.2, 0.25) is 5.91 Å². The van der Waals surface area contributed by atoms with Crippen molar-refractivity contribution in [1.29, 1.82) is 0 Å². The van der Waals surface area contributed by atoms with E-state index in [9.17, 15) is 14.7 Å². The van der Waals surface area contributed by atoms with Crippen LogP contribution in [0.5, 0.6) is 5.75 Å². The summed E-state index contributed by atoms with van der Waals surface area (Å²) in [6.45, 7) is 2.96. The maximum absolute atomic E-state index is 13.1. The summed E-state index contributed by atoms with van der Waals surface area (Å²) >= 11 is 6.55. The third-order valence-corrected chi connectivity index (χ3v) is 7.42. The highest BCUT2D eigenvalue weighted by molar-refractivity contribution is 6.31. The van der Waals surface area contributed by atoms with Crippen LogP contribution >= 0.6 is 11.6 Å². The van der Waals surface area contributed by atoms with Gasteiger partial charge in [0.25, 0.3) is 0 Å². The van der Waals surface area contributed by atoms with Crippen molar-refractivity contribution in [1.82, 2.24) is 4.90 Å². The first-order valence-corrected chi connectivity index (χ1v) is 12.2. The van der Waals surface area contributed by atoms with Crippen LogP contribution in [0.25, 0.3) is 0 Å². The Labute approximate surface area is 205 Å². The fourth-order valence-electron chi connectivity index (χ4n) is 4.97. The summed E-state index contributed by atoms with van der Waals surface area (Å²) in [5.74, 6) is 0.386. The van der Waals surface area contributed by atoms with Crippen molar-refractivity contribution in [3.8, 4) is 5.75 Å². The number of ether oxygens (including phenoxy) is 2. The molecule has 1 aliphatic carbocycles. The summed E-state index contributed by atoms with van der Waals surface area (Å²) < 4.78 is 10.6. The van der Waals surface area contributed by atoms with Crippen LogP contribution in [0.15, 0.2) is 42.5 Å². The first-order chi connectivity index (χ1) is 16.3.